The van der Waals surface area contributed by atoms with Crippen LogP contribution in [0, 0.1) is 0 Å². The van der Waals surface area contributed by atoms with E-state index in [1.165, 1.54) is 4.90 Å². The molecule has 2 amide bonds. The maximum absolute atomic E-state index is 13.1. The Kier molecular flexibility index (Phi) is 3.65. The molecule has 0 aromatic heterocycles. The molecule has 2 aromatic carbocycles. The lowest BCUT2D eigenvalue weighted by molar-refractivity contribution is -0.112. The number of carbonyl (C=O) groups excluding carboxylic acids is 2. The van der Waals surface area contributed by atoms with E-state index in [-0.39, 0.29) is 11.8 Å². The quantitative estimate of drug-likeness (QED) is 0.630. The fourth-order valence-electron chi connectivity index (χ4n) is 3.34. The number of likely N-dealkylation sites (tertiary alicyclic amines) is 1. The van der Waals surface area contributed by atoms with Crippen molar-refractivity contribution in [3.8, 4) is 0 Å². The Hall–Kier alpha value is -2.88. The van der Waals surface area contributed by atoms with Crippen LogP contribution in [0.25, 0.3) is 5.57 Å². The van der Waals surface area contributed by atoms with Crippen LogP contribution >= 0.6 is 0 Å². The summed E-state index contributed by atoms with van der Waals surface area (Å²) in [6, 6.07) is 16.5. The largest absolute Gasteiger partial charge is 0.377 e. The molecule has 2 aliphatic rings. The first-order chi connectivity index (χ1) is 11.8. The zero-order chi connectivity index (χ0) is 16.5. The molecule has 0 N–H and O–H groups in total. The molecule has 0 atom stereocenters. The maximum atomic E-state index is 13.1. The van der Waals surface area contributed by atoms with E-state index < -0.39 is 0 Å². The molecule has 0 radical (unpaired) electrons. The molecule has 2 aliphatic heterocycles. The van der Waals surface area contributed by atoms with Gasteiger partial charge in [0.15, 0.2) is 0 Å². The first-order valence-electron chi connectivity index (χ1n) is 8.25. The van der Waals surface area contributed by atoms with Gasteiger partial charge in [-0.2, -0.15) is 0 Å². The van der Waals surface area contributed by atoms with Crippen molar-refractivity contribution >= 4 is 23.1 Å². The molecular weight excluding hydrogens is 300 g/mol. The molecule has 120 valence electrons. The van der Waals surface area contributed by atoms with E-state index >= 15 is 0 Å². The van der Waals surface area contributed by atoms with Gasteiger partial charge in [0.2, 0.25) is 0 Å². The van der Waals surface area contributed by atoms with E-state index in [1.807, 2.05) is 42.6 Å². The molecule has 4 heteroatoms. The van der Waals surface area contributed by atoms with Crippen molar-refractivity contribution in [2.45, 2.75) is 12.8 Å². The third kappa shape index (κ3) is 2.40. The Morgan fingerprint density at radius 2 is 1.38 bits per heavy atom. The van der Waals surface area contributed by atoms with Crippen molar-refractivity contribution in [2.24, 2.45) is 0 Å². The second kappa shape index (κ2) is 5.96. The smallest absolute Gasteiger partial charge is 0.267 e. The Morgan fingerprint density at radius 1 is 0.750 bits per heavy atom. The van der Waals surface area contributed by atoms with Crippen LogP contribution in [0.1, 0.15) is 28.8 Å². The second-order valence-corrected chi connectivity index (χ2v) is 6.11. The number of benzene rings is 2. The van der Waals surface area contributed by atoms with Crippen molar-refractivity contribution in [1.29, 1.82) is 0 Å². The Labute approximate surface area is 141 Å². The zero-order valence-electron chi connectivity index (χ0n) is 13.3. The predicted molar refractivity (Wildman–Crippen MR) is 93.5 cm³/mol. The van der Waals surface area contributed by atoms with Crippen molar-refractivity contribution in [1.82, 2.24) is 4.90 Å². The summed E-state index contributed by atoms with van der Waals surface area (Å²) in [6.07, 6.45) is 4.21. The number of rotatable bonds is 2. The van der Waals surface area contributed by atoms with E-state index in [0.29, 0.717) is 16.8 Å². The first-order valence-corrected chi connectivity index (χ1v) is 8.25. The molecule has 0 bridgehead atoms. The Bertz CT molecular complexity index is 821. The second-order valence-electron chi connectivity index (χ2n) is 6.11. The highest BCUT2D eigenvalue weighted by Crippen LogP contribution is 2.32. The van der Waals surface area contributed by atoms with E-state index in [2.05, 4.69) is 4.90 Å². The predicted octanol–water partition coefficient (Wildman–Crippen LogP) is 3.31. The summed E-state index contributed by atoms with van der Waals surface area (Å²) in [5.41, 5.74) is 2.50. The van der Waals surface area contributed by atoms with Crippen LogP contribution in [0.15, 0.2) is 60.8 Å². The highest BCUT2D eigenvalue weighted by molar-refractivity contribution is 6.40. The van der Waals surface area contributed by atoms with E-state index in [1.54, 1.807) is 18.2 Å². The lowest BCUT2D eigenvalue weighted by Gasteiger charge is -2.29. The average molecular weight is 318 g/mol. The van der Waals surface area contributed by atoms with Crippen LogP contribution in [0.2, 0.25) is 0 Å². The summed E-state index contributed by atoms with van der Waals surface area (Å²) < 4.78 is 0. The van der Waals surface area contributed by atoms with Gasteiger partial charge in [-0.05, 0) is 31.0 Å². The minimum Gasteiger partial charge on any atom is -0.377 e. The van der Waals surface area contributed by atoms with Gasteiger partial charge in [0.25, 0.3) is 11.8 Å². The summed E-state index contributed by atoms with van der Waals surface area (Å²) in [4.78, 5) is 29.4. The molecular formula is C20H18N2O2. The van der Waals surface area contributed by atoms with E-state index in [9.17, 15) is 9.59 Å². The Morgan fingerprint density at radius 3 is 2.08 bits per heavy atom. The van der Waals surface area contributed by atoms with Crippen LogP contribution in [-0.2, 0) is 4.79 Å². The number of amides is 2. The van der Waals surface area contributed by atoms with Gasteiger partial charge in [0, 0.05) is 30.4 Å². The number of anilines is 1. The lowest BCUT2D eigenvalue weighted by Crippen LogP contribution is -2.42. The normalized spacial score (nSPS) is 19.1. The highest BCUT2D eigenvalue weighted by Gasteiger charge is 2.36. The number of hydrogen-bond donors (Lipinski definition) is 0. The topological polar surface area (TPSA) is 40.6 Å². The molecule has 1 fully saturated rings. The first kappa shape index (κ1) is 14.7. The summed E-state index contributed by atoms with van der Waals surface area (Å²) in [5, 5.41) is 0. The van der Waals surface area contributed by atoms with E-state index in [0.717, 1.165) is 31.5 Å². The minimum atomic E-state index is -0.264. The molecule has 2 heterocycles. The highest BCUT2D eigenvalue weighted by atomic mass is 16.2. The number of nitrogens with zero attached hydrogens (tertiary/aromatic N) is 2. The minimum absolute atomic E-state index is 0.253. The van der Waals surface area contributed by atoms with Crippen molar-refractivity contribution in [2.75, 3.05) is 18.0 Å². The lowest BCUT2D eigenvalue weighted by atomic mass is 9.93. The van der Waals surface area contributed by atoms with Crippen LogP contribution in [0.4, 0.5) is 5.69 Å². The van der Waals surface area contributed by atoms with Crippen LogP contribution in [-0.4, -0.2) is 29.8 Å². The van der Waals surface area contributed by atoms with Crippen LogP contribution < -0.4 is 4.90 Å². The molecule has 0 aliphatic carbocycles. The number of para-hydroxylation sites is 1. The molecule has 4 rings (SSSR count). The van der Waals surface area contributed by atoms with Crippen LogP contribution in [0.5, 0.6) is 0 Å². The molecule has 0 spiro atoms. The number of carbonyl (C=O) groups is 2. The average Bonchev–Trinajstić information content (AvgIpc) is 3.13. The molecule has 2 aromatic rings. The molecule has 24 heavy (non-hydrogen) atoms. The summed E-state index contributed by atoms with van der Waals surface area (Å²) >= 11 is 0. The van der Waals surface area contributed by atoms with Crippen molar-refractivity contribution < 1.29 is 9.59 Å². The molecule has 1 saturated heterocycles. The summed E-state index contributed by atoms with van der Waals surface area (Å²) in [6.45, 7) is 1.91. The van der Waals surface area contributed by atoms with Gasteiger partial charge in [-0.1, -0.05) is 36.4 Å². The maximum Gasteiger partial charge on any atom is 0.267 e. The fraction of sp³-hybridized carbons (Fsp3) is 0.200. The zero-order valence-corrected chi connectivity index (χ0v) is 13.3. The van der Waals surface area contributed by atoms with Gasteiger partial charge < -0.3 is 4.90 Å². The molecule has 4 nitrogen and oxygen atoms in total. The number of hydrogen-bond acceptors (Lipinski definition) is 3. The molecule has 0 unspecified atom stereocenters. The third-order valence-electron chi connectivity index (χ3n) is 4.55. The van der Waals surface area contributed by atoms with Crippen molar-refractivity contribution in [3.05, 3.63) is 71.9 Å². The van der Waals surface area contributed by atoms with Gasteiger partial charge in [-0.25, -0.2) is 4.90 Å². The van der Waals surface area contributed by atoms with Gasteiger partial charge in [-0.15, -0.1) is 0 Å². The fourth-order valence-corrected chi connectivity index (χ4v) is 3.34. The summed E-state index contributed by atoms with van der Waals surface area (Å²) in [5.74, 6) is -0.517. The Balaban J connectivity index is 1.85. The summed E-state index contributed by atoms with van der Waals surface area (Å²) in [7, 11) is 0. The third-order valence-corrected chi connectivity index (χ3v) is 4.55. The van der Waals surface area contributed by atoms with Gasteiger partial charge in [0.05, 0.1) is 11.3 Å². The van der Waals surface area contributed by atoms with Gasteiger partial charge in [-0.3, -0.25) is 9.59 Å². The standard InChI is InChI=1S/C20H18N2O2/c23-19-17-11-5-4-10-16(17)18(14-21-12-6-7-13-21)20(24)22(19)15-8-2-1-3-9-15/h1-5,8-11,14H,6-7,12-13H2/b18-14-. The number of fused-ring (bicyclic) bond motifs is 1. The SMILES string of the molecule is O=C1/C(=C\N2CCCC2)c2ccccc2C(=O)N1c1ccccc1. The van der Waals surface area contributed by atoms with Gasteiger partial charge in [0.1, 0.15) is 0 Å². The van der Waals surface area contributed by atoms with Gasteiger partial charge >= 0.3 is 0 Å². The monoisotopic (exact) mass is 318 g/mol. The van der Waals surface area contributed by atoms with Crippen molar-refractivity contribution in [3.63, 3.8) is 0 Å². The van der Waals surface area contributed by atoms with Crippen LogP contribution in [0.3, 0.4) is 0 Å². The van der Waals surface area contributed by atoms with E-state index in [4.69, 9.17) is 0 Å². The molecule has 0 saturated carbocycles. The number of imide groups is 1.